The highest BCUT2D eigenvalue weighted by molar-refractivity contribution is 5.76. The van der Waals surface area contributed by atoms with Crippen LogP contribution in [0, 0.1) is 0 Å². The summed E-state index contributed by atoms with van der Waals surface area (Å²) in [6.45, 7) is 4.97. The van der Waals surface area contributed by atoms with Crippen molar-refractivity contribution in [3.05, 3.63) is 0 Å². The lowest BCUT2D eigenvalue weighted by Crippen LogP contribution is -2.45. The van der Waals surface area contributed by atoms with Crippen molar-refractivity contribution in [3.8, 4) is 0 Å². The number of unbranched alkanes of at least 4 members (excludes halogenated alkanes) is 51. The molecule has 0 rings (SSSR count). The lowest BCUT2D eigenvalue weighted by molar-refractivity contribution is -0.143. The first kappa shape index (κ1) is 69.9. The van der Waals surface area contributed by atoms with Crippen LogP contribution in [-0.4, -0.2) is 47.4 Å². The quantitative estimate of drug-likeness (QED) is 0.0417. The maximum Gasteiger partial charge on any atom is 0.305 e. The van der Waals surface area contributed by atoms with Crippen LogP contribution in [-0.2, 0) is 14.3 Å². The SMILES string of the molecule is CCCCCCCCCCCCCCCCCCCCCCCCC(O)C(CO)NC(=O)CCCCCCCCCCCCCCCOC(=O)CCCCCCCCCCCCCCCCCCCCC. The van der Waals surface area contributed by atoms with Crippen molar-refractivity contribution < 1.29 is 24.5 Å². The van der Waals surface area contributed by atoms with Gasteiger partial charge in [-0.25, -0.2) is 0 Å². The average molecular weight is 1000 g/mol. The summed E-state index contributed by atoms with van der Waals surface area (Å²) in [5, 5.41) is 23.4. The van der Waals surface area contributed by atoms with Gasteiger partial charge in [0.15, 0.2) is 0 Å². The molecule has 0 saturated heterocycles. The zero-order valence-corrected chi connectivity index (χ0v) is 48.5. The topological polar surface area (TPSA) is 95.9 Å². The molecule has 0 aromatic rings. The molecule has 6 heteroatoms. The van der Waals surface area contributed by atoms with E-state index in [1.54, 1.807) is 0 Å². The van der Waals surface area contributed by atoms with Crippen LogP contribution in [0.1, 0.15) is 380 Å². The summed E-state index contributed by atoms with van der Waals surface area (Å²) < 4.78 is 5.50. The fourth-order valence-corrected chi connectivity index (χ4v) is 10.6. The molecule has 0 saturated carbocycles. The van der Waals surface area contributed by atoms with E-state index in [9.17, 15) is 19.8 Å². The Bertz CT molecular complexity index is 1020. The molecule has 0 aliphatic heterocycles. The van der Waals surface area contributed by atoms with Crippen molar-refractivity contribution in [3.63, 3.8) is 0 Å². The van der Waals surface area contributed by atoms with Crippen LogP contribution in [0.2, 0.25) is 0 Å². The molecule has 0 aliphatic rings. The highest BCUT2D eigenvalue weighted by atomic mass is 16.5. The van der Waals surface area contributed by atoms with E-state index in [1.807, 2.05) is 0 Å². The first-order valence-electron chi connectivity index (χ1n) is 32.8. The zero-order valence-electron chi connectivity index (χ0n) is 48.5. The van der Waals surface area contributed by atoms with Crippen LogP contribution in [0.4, 0.5) is 0 Å². The number of aliphatic hydroxyl groups is 2. The molecule has 0 aromatic carbocycles. The number of carbonyl (C=O) groups excluding carboxylic acids is 2. The third kappa shape index (κ3) is 58.0. The summed E-state index contributed by atoms with van der Waals surface area (Å²) in [6.07, 6.45) is 72.6. The summed E-state index contributed by atoms with van der Waals surface area (Å²) in [5.41, 5.74) is 0. The maximum absolute atomic E-state index is 12.5. The third-order valence-corrected chi connectivity index (χ3v) is 15.7. The molecule has 3 N–H and O–H groups in total. The molecule has 0 heterocycles. The van der Waals surface area contributed by atoms with E-state index in [1.165, 1.54) is 295 Å². The van der Waals surface area contributed by atoms with Crippen LogP contribution in [0.5, 0.6) is 0 Å². The lowest BCUT2D eigenvalue weighted by Gasteiger charge is -2.22. The molecule has 0 spiro atoms. The lowest BCUT2D eigenvalue weighted by atomic mass is 10.0. The van der Waals surface area contributed by atoms with Gasteiger partial charge in [0.05, 0.1) is 25.4 Å². The second-order valence-electron chi connectivity index (χ2n) is 22.8. The first-order valence-corrected chi connectivity index (χ1v) is 32.8. The minimum atomic E-state index is -0.673. The number of rotatable bonds is 62. The van der Waals surface area contributed by atoms with E-state index in [0.29, 0.717) is 25.9 Å². The van der Waals surface area contributed by atoms with Crippen molar-refractivity contribution in [2.24, 2.45) is 0 Å². The number of aliphatic hydroxyl groups excluding tert-OH is 2. The maximum atomic E-state index is 12.5. The van der Waals surface area contributed by atoms with Gasteiger partial charge in [-0.15, -0.1) is 0 Å². The van der Waals surface area contributed by atoms with Gasteiger partial charge in [0.25, 0.3) is 0 Å². The summed E-state index contributed by atoms with van der Waals surface area (Å²) in [5.74, 6) is -0.0411. The minimum Gasteiger partial charge on any atom is -0.466 e. The monoisotopic (exact) mass is 1000 g/mol. The standard InChI is InChI=1S/C65H129NO5/c1-3-5-7-9-11-13-15-17-19-21-23-24-25-27-28-30-33-37-41-45-49-53-57-63(68)62(61-67)66-64(69)58-54-50-46-42-38-34-32-36-40-44-48-52-56-60-71-65(70)59-55-51-47-43-39-35-31-29-26-22-20-18-16-14-12-10-8-6-4-2/h62-63,67-68H,3-61H2,1-2H3,(H,66,69). The van der Waals surface area contributed by atoms with Crippen molar-refractivity contribution >= 4 is 11.9 Å². The predicted octanol–water partition coefficient (Wildman–Crippen LogP) is 20.6. The van der Waals surface area contributed by atoms with Gasteiger partial charge in [-0.2, -0.15) is 0 Å². The van der Waals surface area contributed by atoms with Crippen molar-refractivity contribution in [2.45, 2.75) is 392 Å². The smallest absolute Gasteiger partial charge is 0.305 e. The molecule has 2 atom stereocenters. The van der Waals surface area contributed by atoms with Crippen molar-refractivity contribution in [2.75, 3.05) is 13.2 Å². The zero-order chi connectivity index (χ0) is 51.4. The third-order valence-electron chi connectivity index (χ3n) is 15.7. The highest BCUT2D eigenvalue weighted by Crippen LogP contribution is 2.19. The molecule has 2 unspecified atom stereocenters. The molecular formula is C65H129NO5. The number of hydrogen-bond donors (Lipinski definition) is 3. The summed E-state index contributed by atoms with van der Waals surface area (Å²) >= 11 is 0. The number of amides is 1. The van der Waals surface area contributed by atoms with Crippen LogP contribution < -0.4 is 5.32 Å². The second-order valence-corrected chi connectivity index (χ2v) is 22.8. The number of nitrogens with one attached hydrogen (secondary N) is 1. The summed E-state index contributed by atoms with van der Waals surface area (Å²) in [6, 6.07) is -0.551. The Balaban J connectivity index is 3.40. The van der Waals surface area contributed by atoms with E-state index in [4.69, 9.17) is 4.74 Å². The first-order chi connectivity index (χ1) is 35.0. The van der Waals surface area contributed by atoms with Crippen LogP contribution in [0.15, 0.2) is 0 Å². The minimum absolute atomic E-state index is 0.00117. The van der Waals surface area contributed by atoms with Crippen molar-refractivity contribution in [1.82, 2.24) is 5.32 Å². The van der Waals surface area contributed by atoms with E-state index in [-0.39, 0.29) is 18.5 Å². The molecule has 1 amide bonds. The number of carbonyl (C=O) groups is 2. The number of ether oxygens (including phenoxy) is 1. The van der Waals surface area contributed by atoms with E-state index < -0.39 is 12.1 Å². The fraction of sp³-hybridized carbons (Fsp3) is 0.969. The van der Waals surface area contributed by atoms with E-state index in [0.717, 1.165) is 51.4 Å². The largest absolute Gasteiger partial charge is 0.466 e. The molecule has 0 aliphatic carbocycles. The average Bonchev–Trinajstić information content (AvgIpc) is 3.37. The normalized spacial score (nSPS) is 12.5. The number of hydrogen-bond acceptors (Lipinski definition) is 5. The van der Waals surface area contributed by atoms with E-state index >= 15 is 0 Å². The Morgan fingerprint density at radius 1 is 0.338 bits per heavy atom. The van der Waals surface area contributed by atoms with Crippen molar-refractivity contribution in [1.29, 1.82) is 0 Å². The summed E-state index contributed by atoms with van der Waals surface area (Å²) in [7, 11) is 0. The predicted molar refractivity (Wildman–Crippen MR) is 310 cm³/mol. The van der Waals surface area contributed by atoms with Crippen LogP contribution >= 0.6 is 0 Å². The van der Waals surface area contributed by atoms with Crippen LogP contribution in [0.3, 0.4) is 0 Å². The van der Waals surface area contributed by atoms with E-state index in [2.05, 4.69) is 19.2 Å². The van der Waals surface area contributed by atoms with Gasteiger partial charge in [0.1, 0.15) is 0 Å². The molecule has 0 radical (unpaired) electrons. The Kier molecular flexibility index (Phi) is 60.4. The Morgan fingerprint density at radius 3 is 0.859 bits per heavy atom. The molecule has 0 fully saturated rings. The second kappa shape index (κ2) is 61.4. The molecule has 0 bridgehead atoms. The highest BCUT2D eigenvalue weighted by Gasteiger charge is 2.20. The van der Waals surface area contributed by atoms with Gasteiger partial charge in [-0.1, -0.05) is 341 Å². The molecule has 424 valence electrons. The van der Waals surface area contributed by atoms with Gasteiger partial charge < -0.3 is 20.3 Å². The molecular weight excluding hydrogens is 875 g/mol. The fourth-order valence-electron chi connectivity index (χ4n) is 10.6. The number of esters is 1. The Morgan fingerprint density at radius 2 is 0.577 bits per heavy atom. The van der Waals surface area contributed by atoms with Gasteiger partial charge in [-0.3, -0.25) is 9.59 Å². The Labute approximate surface area is 445 Å². The summed E-state index contributed by atoms with van der Waals surface area (Å²) in [4.78, 5) is 24.6. The molecule has 0 aromatic heterocycles. The molecule has 6 nitrogen and oxygen atoms in total. The van der Waals surface area contributed by atoms with Gasteiger partial charge in [-0.05, 0) is 25.7 Å². The van der Waals surface area contributed by atoms with Crippen LogP contribution in [0.25, 0.3) is 0 Å². The van der Waals surface area contributed by atoms with Gasteiger partial charge in [0.2, 0.25) is 5.91 Å². The Hall–Kier alpha value is -1.14. The molecule has 71 heavy (non-hydrogen) atoms. The van der Waals surface area contributed by atoms with Gasteiger partial charge >= 0.3 is 5.97 Å². The van der Waals surface area contributed by atoms with Gasteiger partial charge in [0, 0.05) is 12.8 Å².